The molecule has 5 heterocycles. The lowest BCUT2D eigenvalue weighted by molar-refractivity contribution is 0.0455. The predicted octanol–water partition coefficient (Wildman–Crippen LogP) is 4.26. The lowest BCUT2D eigenvalue weighted by Gasteiger charge is -2.39. The Kier molecular flexibility index (Phi) is 17.0. The number of nitriles is 2. The van der Waals surface area contributed by atoms with Gasteiger partial charge in [0.15, 0.2) is 11.6 Å². The maximum atomic E-state index is 10.8. The molecule has 7 atom stereocenters. The number of methoxy groups -OCH3 is 2. The lowest BCUT2D eigenvalue weighted by atomic mass is 9.72. The maximum absolute atomic E-state index is 10.8. The van der Waals surface area contributed by atoms with Crippen LogP contribution < -0.4 is 31.9 Å². The molecule has 19 heteroatoms. The van der Waals surface area contributed by atoms with Gasteiger partial charge in [0.1, 0.15) is 11.6 Å². The van der Waals surface area contributed by atoms with Gasteiger partial charge in [-0.25, -0.2) is 29.9 Å². The molecule has 0 spiro atoms. The van der Waals surface area contributed by atoms with Crippen molar-refractivity contribution in [2.45, 2.75) is 121 Å². The molecule has 0 aromatic carbocycles. The fourth-order valence-electron chi connectivity index (χ4n) is 10.9. The summed E-state index contributed by atoms with van der Waals surface area (Å²) in [5.41, 5.74) is 0.615. The number of hydrogen-bond donors (Lipinski definition) is 6. The SMILES string of the molecule is COC[C@H](C)NC1CCC(NC2=NCCC(c3nccc(NCC4(C#N)CC4C4C[C@H](N[C@@H](C)COC)CCC4CNC4=NCCC(c5nccc(NCC6(C#N)CCOCC6)n5)=N4)n3)=N2)CC1. The van der Waals surface area contributed by atoms with Crippen molar-refractivity contribution in [1.82, 2.24) is 41.2 Å². The van der Waals surface area contributed by atoms with Gasteiger partial charge in [0.05, 0.1) is 47.6 Å². The van der Waals surface area contributed by atoms with Gasteiger partial charge in [0.25, 0.3) is 0 Å². The molecular formula is C49H72N16O3. The highest BCUT2D eigenvalue weighted by Crippen LogP contribution is 2.60. The second-order valence-electron chi connectivity index (χ2n) is 19.9. The Morgan fingerprint density at radius 3 is 1.96 bits per heavy atom. The van der Waals surface area contributed by atoms with Crippen LogP contribution in [0.5, 0.6) is 0 Å². The maximum Gasteiger partial charge on any atom is 0.218 e. The molecule has 2 aromatic rings. The summed E-state index contributed by atoms with van der Waals surface area (Å²) < 4.78 is 16.3. The summed E-state index contributed by atoms with van der Waals surface area (Å²) in [6.45, 7) is 9.81. The van der Waals surface area contributed by atoms with Crippen LogP contribution in [-0.2, 0) is 14.2 Å². The normalized spacial score (nSPS) is 28.8. The molecule has 8 rings (SSSR count). The summed E-state index contributed by atoms with van der Waals surface area (Å²) in [6, 6.07) is 10.7. The minimum absolute atomic E-state index is 0.222. The summed E-state index contributed by atoms with van der Waals surface area (Å²) in [7, 11) is 3.49. The van der Waals surface area contributed by atoms with E-state index < -0.39 is 10.8 Å². The number of anilines is 2. The number of nitrogens with one attached hydrogen (secondary N) is 6. The highest BCUT2D eigenvalue weighted by atomic mass is 16.5. The average molecular weight is 933 g/mol. The van der Waals surface area contributed by atoms with Crippen LogP contribution in [0.4, 0.5) is 11.6 Å². The van der Waals surface area contributed by atoms with Crippen molar-refractivity contribution in [3.05, 3.63) is 36.2 Å². The minimum atomic E-state index is -0.516. The number of aromatic nitrogens is 4. The molecule has 3 aliphatic heterocycles. The summed E-state index contributed by atoms with van der Waals surface area (Å²) in [5, 5.41) is 42.4. The van der Waals surface area contributed by atoms with Crippen molar-refractivity contribution in [2.75, 3.05) is 84.0 Å². The molecule has 0 radical (unpaired) electrons. The third kappa shape index (κ3) is 12.9. The molecular weight excluding hydrogens is 861 g/mol. The number of nitrogens with zero attached hydrogens (tertiary/aromatic N) is 10. The standard InChI is InChI=1S/C49H72N16O3/c1-32(26-66-3)59-35-7-9-36(10-8-35)61-47-55-18-12-41(63-47)45-53-20-14-43(65-45)58-31-49(29-51)24-39(49)38-23-37(60-33(2)27-67-4)6-5-34(38)25-56-46-54-17-11-40(62-46)44-52-19-13-42(64-44)57-30-48(28-50)15-21-68-22-16-48/h13-14,19-20,32-39,59-60H,5-12,15-18,21-27,30-31H2,1-4H3,(H,54,56)(H,55,61)(H,52,57,64)(H,53,58,65)/t32-,33-,34?,35?,36?,37+,38?,39?,49?/m0/s1. The Labute approximate surface area is 401 Å². The number of rotatable bonds is 20. The summed E-state index contributed by atoms with van der Waals surface area (Å²) in [4.78, 5) is 38.2. The third-order valence-electron chi connectivity index (χ3n) is 14.8. The smallest absolute Gasteiger partial charge is 0.218 e. The Morgan fingerprint density at radius 1 is 0.735 bits per heavy atom. The van der Waals surface area contributed by atoms with E-state index in [1.165, 1.54) is 0 Å². The van der Waals surface area contributed by atoms with Gasteiger partial charge in [-0.3, -0.25) is 9.98 Å². The molecule has 68 heavy (non-hydrogen) atoms. The van der Waals surface area contributed by atoms with Gasteiger partial charge in [-0.2, -0.15) is 10.5 Å². The number of ether oxygens (including phenoxy) is 3. The largest absolute Gasteiger partial charge is 0.383 e. The zero-order valence-electron chi connectivity index (χ0n) is 40.5. The number of hydrogen-bond acceptors (Lipinski definition) is 19. The molecule has 19 nitrogen and oxygen atoms in total. The molecule has 4 fully saturated rings. The van der Waals surface area contributed by atoms with Gasteiger partial charge in [-0.15, -0.1) is 0 Å². The Bertz CT molecular complexity index is 2210. The van der Waals surface area contributed by atoms with Gasteiger partial charge >= 0.3 is 0 Å². The second-order valence-corrected chi connectivity index (χ2v) is 19.9. The van der Waals surface area contributed by atoms with E-state index in [1.54, 1.807) is 26.6 Å². The van der Waals surface area contributed by atoms with E-state index in [9.17, 15) is 10.5 Å². The molecule has 6 N–H and O–H groups in total. The van der Waals surface area contributed by atoms with Crippen LogP contribution in [-0.4, -0.2) is 147 Å². The zero-order valence-corrected chi connectivity index (χ0v) is 40.5. The fourth-order valence-corrected chi connectivity index (χ4v) is 10.9. The van der Waals surface area contributed by atoms with Crippen LogP contribution in [0.3, 0.4) is 0 Å². The van der Waals surface area contributed by atoms with Gasteiger partial charge in [-0.1, -0.05) is 0 Å². The van der Waals surface area contributed by atoms with Crippen LogP contribution in [0, 0.1) is 51.2 Å². The number of aliphatic imine (C=N–C) groups is 4. The van der Waals surface area contributed by atoms with Gasteiger partial charge < -0.3 is 46.1 Å². The quantitative estimate of drug-likeness (QED) is 0.109. The van der Waals surface area contributed by atoms with Gasteiger partial charge in [0.2, 0.25) is 11.9 Å². The van der Waals surface area contributed by atoms with E-state index in [2.05, 4.69) is 67.9 Å². The van der Waals surface area contributed by atoms with E-state index in [1.807, 2.05) is 12.1 Å². The van der Waals surface area contributed by atoms with E-state index >= 15 is 0 Å². The molecule has 0 bridgehead atoms. The van der Waals surface area contributed by atoms with E-state index in [4.69, 9.17) is 44.1 Å². The Morgan fingerprint density at radius 2 is 1.32 bits per heavy atom. The topological polar surface area (TPSA) is 248 Å². The van der Waals surface area contributed by atoms with Crippen molar-refractivity contribution in [1.29, 1.82) is 10.5 Å². The molecule has 0 amide bonds. The molecule has 1 saturated heterocycles. The van der Waals surface area contributed by atoms with Crippen molar-refractivity contribution in [2.24, 2.45) is 48.6 Å². The third-order valence-corrected chi connectivity index (χ3v) is 14.8. The summed E-state index contributed by atoms with van der Waals surface area (Å²) in [6.07, 6.45) is 14.4. The average Bonchev–Trinajstić information content (AvgIpc) is 4.10. The molecule has 366 valence electrons. The highest BCUT2D eigenvalue weighted by Gasteiger charge is 2.60. The summed E-state index contributed by atoms with van der Waals surface area (Å²) in [5.74, 6) is 4.63. The summed E-state index contributed by atoms with van der Waals surface area (Å²) >= 11 is 0. The van der Waals surface area contributed by atoms with Crippen molar-refractivity contribution < 1.29 is 14.2 Å². The first-order valence-electron chi connectivity index (χ1n) is 25.0. The Balaban J connectivity index is 0.877. The number of guanidine groups is 2. The van der Waals surface area contributed by atoms with Crippen LogP contribution in [0.1, 0.15) is 103 Å². The minimum Gasteiger partial charge on any atom is -0.383 e. The predicted molar refractivity (Wildman–Crippen MR) is 263 cm³/mol. The van der Waals surface area contributed by atoms with E-state index in [-0.39, 0.29) is 12.0 Å². The molecule has 6 aliphatic rings. The van der Waals surface area contributed by atoms with Crippen LogP contribution >= 0.6 is 0 Å². The second kappa shape index (κ2) is 23.4. The Hall–Kier alpha value is -5.18. The van der Waals surface area contributed by atoms with Crippen molar-refractivity contribution >= 4 is 35.0 Å². The van der Waals surface area contributed by atoms with Crippen LogP contribution in [0.15, 0.2) is 44.5 Å². The molecule has 2 aromatic heterocycles. The first-order valence-corrected chi connectivity index (χ1v) is 25.0. The van der Waals surface area contributed by atoms with E-state index in [0.717, 1.165) is 62.8 Å². The molecule has 3 saturated carbocycles. The molecule has 3 aliphatic carbocycles. The van der Waals surface area contributed by atoms with Gasteiger partial charge in [-0.05, 0) is 108 Å². The zero-order chi connectivity index (χ0) is 47.4. The highest BCUT2D eigenvalue weighted by molar-refractivity contribution is 6.07. The van der Waals surface area contributed by atoms with Gasteiger partial charge in [0, 0.05) is 116 Å². The van der Waals surface area contributed by atoms with E-state index in [0.29, 0.717) is 156 Å². The fraction of sp³-hybridized carbons (Fsp3) is 0.714. The molecule has 4 unspecified atom stereocenters. The monoisotopic (exact) mass is 933 g/mol. The van der Waals surface area contributed by atoms with Crippen LogP contribution in [0.2, 0.25) is 0 Å². The van der Waals surface area contributed by atoms with Crippen LogP contribution in [0.25, 0.3) is 0 Å². The van der Waals surface area contributed by atoms with Crippen molar-refractivity contribution in [3.8, 4) is 12.1 Å². The van der Waals surface area contributed by atoms with Crippen molar-refractivity contribution in [3.63, 3.8) is 0 Å². The first-order chi connectivity index (χ1) is 33.2. The first kappa shape index (κ1) is 49.2. The lowest BCUT2D eigenvalue weighted by Crippen LogP contribution is -2.46.